The third-order valence-electron chi connectivity index (χ3n) is 6.72. The molecule has 5 rings (SSSR count). The third kappa shape index (κ3) is 6.14. The fourth-order valence-electron chi connectivity index (χ4n) is 4.81. The predicted octanol–water partition coefficient (Wildman–Crippen LogP) is 4.22. The van der Waals surface area contributed by atoms with Crippen molar-refractivity contribution in [3.63, 3.8) is 0 Å². The van der Waals surface area contributed by atoms with Crippen LogP contribution < -0.4 is 14.5 Å². The SMILES string of the molecule is O=C(c1cnccc1CN1CCN(c2ccc(OC(F)(F)F)cc2)C1)N1CCN(c2ccccc2)CC1. The van der Waals surface area contributed by atoms with Gasteiger partial charge in [0.05, 0.1) is 12.2 Å². The number of nitrogens with zero attached hydrogens (tertiary/aromatic N) is 5. The van der Waals surface area contributed by atoms with Crippen LogP contribution in [0.3, 0.4) is 0 Å². The van der Waals surface area contributed by atoms with E-state index in [0.29, 0.717) is 31.9 Å². The quantitative estimate of drug-likeness (QED) is 0.494. The lowest BCUT2D eigenvalue weighted by Crippen LogP contribution is -2.49. The van der Waals surface area contributed by atoms with Crippen LogP contribution in [0.15, 0.2) is 73.1 Å². The molecule has 0 atom stereocenters. The van der Waals surface area contributed by atoms with Crippen LogP contribution in [0, 0.1) is 0 Å². The molecule has 194 valence electrons. The molecule has 0 bridgehead atoms. The molecular formula is C27H28F3N5O2. The first-order chi connectivity index (χ1) is 17.9. The maximum absolute atomic E-state index is 13.4. The monoisotopic (exact) mass is 511 g/mol. The minimum atomic E-state index is -4.71. The molecule has 1 aromatic heterocycles. The molecule has 2 aromatic carbocycles. The molecule has 10 heteroatoms. The van der Waals surface area contributed by atoms with Crippen molar-refractivity contribution in [2.24, 2.45) is 0 Å². The van der Waals surface area contributed by atoms with Crippen LogP contribution in [0.25, 0.3) is 0 Å². The molecular weight excluding hydrogens is 483 g/mol. The minimum Gasteiger partial charge on any atom is -0.406 e. The number of aromatic nitrogens is 1. The van der Waals surface area contributed by atoms with E-state index in [2.05, 4.69) is 36.6 Å². The van der Waals surface area contributed by atoms with Crippen molar-refractivity contribution < 1.29 is 22.7 Å². The highest BCUT2D eigenvalue weighted by atomic mass is 19.4. The molecule has 1 amide bonds. The van der Waals surface area contributed by atoms with Gasteiger partial charge in [0, 0.05) is 69.6 Å². The Morgan fingerprint density at radius 2 is 1.51 bits per heavy atom. The molecule has 0 spiro atoms. The number of rotatable bonds is 6. The summed E-state index contributed by atoms with van der Waals surface area (Å²) in [5.41, 5.74) is 3.51. The molecule has 0 saturated carbocycles. The van der Waals surface area contributed by atoms with Gasteiger partial charge in [-0.15, -0.1) is 13.2 Å². The Kier molecular flexibility index (Phi) is 7.18. The van der Waals surface area contributed by atoms with Gasteiger partial charge in [0.15, 0.2) is 0 Å². The van der Waals surface area contributed by atoms with Gasteiger partial charge in [-0.05, 0) is 48.0 Å². The van der Waals surface area contributed by atoms with Crippen molar-refractivity contribution in [1.82, 2.24) is 14.8 Å². The van der Waals surface area contributed by atoms with Gasteiger partial charge < -0.3 is 19.4 Å². The zero-order valence-corrected chi connectivity index (χ0v) is 20.3. The number of hydrogen-bond donors (Lipinski definition) is 0. The molecule has 0 radical (unpaired) electrons. The molecule has 2 aliphatic rings. The minimum absolute atomic E-state index is 0.00730. The molecule has 0 N–H and O–H groups in total. The Morgan fingerprint density at radius 3 is 2.22 bits per heavy atom. The topological polar surface area (TPSA) is 52.2 Å². The Balaban J connectivity index is 1.19. The van der Waals surface area contributed by atoms with E-state index in [1.54, 1.807) is 24.5 Å². The second-order valence-corrected chi connectivity index (χ2v) is 9.15. The highest BCUT2D eigenvalue weighted by Crippen LogP contribution is 2.27. The van der Waals surface area contributed by atoms with Gasteiger partial charge in [-0.25, -0.2) is 0 Å². The number of anilines is 2. The summed E-state index contributed by atoms with van der Waals surface area (Å²) in [4.78, 5) is 26.1. The number of alkyl halides is 3. The maximum Gasteiger partial charge on any atom is 0.573 e. The average Bonchev–Trinajstić information content (AvgIpc) is 3.37. The van der Waals surface area contributed by atoms with E-state index in [1.165, 1.54) is 12.1 Å². The van der Waals surface area contributed by atoms with Gasteiger partial charge in [0.2, 0.25) is 0 Å². The fraction of sp³-hybridized carbons (Fsp3) is 0.333. The Morgan fingerprint density at radius 1 is 0.838 bits per heavy atom. The predicted molar refractivity (Wildman–Crippen MR) is 135 cm³/mol. The van der Waals surface area contributed by atoms with Gasteiger partial charge in [-0.2, -0.15) is 0 Å². The number of para-hydroxylation sites is 1. The average molecular weight is 512 g/mol. The summed E-state index contributed by atoms with van der Waals surface area (Å²) in [6.07, 6.45) is -1.36. The first-order valence-electron chi connectivity index (χ1n) is 12.2. The van der Waals surface area contributed by atoms with E-state index < -0.39 is 6.36 Å². The molecule has 7 nitrogen and oxygen atoms in total. The van der Waals surface area contributed by atoms with E-state index in [9.17, 15) is 18.0 Å². The van der Waals surface area contributed by atoms with Gasteiger partial charge in [-0.1, -0.05) is 18.2 Å². The summed E-state index contributed by atoms with van der Waals surface area (Å²) >= 11 is 0. The number of carbonyl (C=O) groups is 1. The first kappa shape index (κ1) is 24.9. The van der Waals surface area contributed by atoms with Crippen LogP contribution in [0.4, 0.5) is 24.5 Å². The Labute approximate surface area is 213 Å². The van der Waals surface area contributed by atoms with Gasteiger partial charge in [0.25, 0.3) is 5.91 Å². The molecule has 2 aliphatic heterocycles. The van der Waals surface area contributed by atoms with Crippen LogP contribution in [0.1, 0.15) is 15.9 Å². The number of pyridine rings is 1. The normalized spacial score (nSPS) is 16.8. The van der Waals surface area contributed by atoms with Crippen LogP contribution in [-0.2, 0) is 6.54 Å². The molecule has 2 saturated heterocycles. The zero-order chi connectivity index (χ0) is 25.8. The Hall–Kier alpha value is -3.79. The molecule has 0 aliphatic carbocycles. The van der Waals surface area contributed by atoms with Crippen molar-refractivity contribution in [2.75, 3.05) is 55.7 Å². The molecule has 0 unspecified atom stereocenters. The molecule has 37 heavy (non-hydrogen) atoms. The largest absolute Gasteiger partial charge is 0.573 e. The van der Waals surface area contributed by atoms with Gasteiger partial charge in [0.1, 0.15) is 5.75 Å². The second-order valence-electron chi connectivity index (χ2n) is 9.15. The lowest BCUT2D eigenvalue weighted by molar-refractivity contribution is -0.274. The smallest absolute Gasteiger partial charge is 0.406 e. The van der Waals surface area contributed by atoms with Crippen LogP contribution in [-0.4, -0.2) is 73.0 Å². The zero-order valence-electron chi connectivity index (χ0n) is 20.3. The number of carbonyl (C=O) groups excluding carboxylic acids is 1. The lowest BCUT2D eigenvalue weighted by Gasteiger charge is -2.36. The van der Waals surface area contributed by atoms with Crippen LogP contribution >= 0.6 is 0 Å². The van der Waals surface area contributed by atoms with E-state index in [0.717, 1.165) is 43.1 Å². The van der Waals surface area contributed by atoms with Gasteiger partial charge >= 0.3 is 6.36 Å². The summed E-state index contributed by atoms with van der Waals surface area (Å²) in [5, 5.41) is 0. The fourth-order valence-corrected chi connectivity index (χ4v) is 4.81. The summed E-state index contributed by atoms with van der Waals surface area (Å²) in [6, 6.07) is 18.0. The van der Waals surface area contributed by atoms with Crippen molar-refractivity contribution in [3.8, 4) is 5.75 Å². The maximum atomic E-state index is 13.4. The number of ether oxygens (including phenoxy) is 1. The van der Waals surface area contributed by atoms with Crippen molar-refractivity contribution in [1.29, 1.82) is 0 Å². The highest BCUT2D eigenvalue weighted by Gasteiger charge is 2.31. The number of amides is 1. The van der Waals surface area contributed by atoms with E-state index in [-0.39, 0.29) is 11.7 Å². The van der Waals surface area contributed by atoms with E-state index >= 15 is 0 Å². The Bertz CT molecular complexity index is 1200. The second kappa shape index (κ2) is 10.7. The number of benzene rings is 2. The van der Waals surface area contributed by atoms with E-state index in [4.69, 9.17) is 0 Å². The van der Waals surface area contributed by atoms with Crippen molar-refractivity contribution in [3.05, 3.63) is 84.2 Å². The van der Waals surface area contributed by atoms with Crippen molar-refractivity contribution in [2.45, 2.75) is 12.9 Å². The standard InChI is InChI=1S/C27H28F3N5O2/c28-27(29,30)37-24-8-6-23(7-9-24)35-13-12-32(20-35)19-21-10-11-31-18-25(21)26(36)34-16-14-33(15-17-34)22-4-2-1-3-5-22/h1-11,18H,12-17,19-20H2. The molecule has 3 heterocycles. The van der Waals surface area contributed by atoms with E-state index in [1.807, 2.05) is 29.2 Å². The van der Waals surface area contributed by atoms with Crippen LogP contribution in [0.2, 0.25) is 0 Å². The first-order valence-corrected chi connectivity index (χ1v) is 12.2. The van der Waals surface area contributed by atoms with Crippen molar-refractivity contribution >= 4 is 17.3 Å². The highest BCUT2D eigenvalue weighted by molar-refractivity contribution is 5.95. The summed E-state index contributed by atoms with van der Waals surface area (Å²) in [7, 11) is 0. The summed E-state index contributed by atoms with van der Waals surface area (Å²) < 4.78 is 41.2. The molecule has 2 fully saturated rings. The molecule has 3 aromatic rings. The van der Waals surface area contributed by atoms with Crippen LogP contribution in [0.5, 0.6) is 5.75 Å². The lowest BCUT2D eigenvalue weighted by atomic mass is 10.1. The number of hydrogen-bond acceptors (Lipinski definition) is 6. The number of piperazine rings is 1. The summed E-state index contributed by atoms with van der Waals surface area (Å²) in [6.45, 7) is 5.53. The number of halogens is 3. The van der Waals surface area contributed by atoms with Gasteiger partial charge in [-0.3, -0.25) is 14.7 Å². The third-order valence-corrected chi connectivity index (χ3v) is 6.72. The summed E-state index contributed by atoms with van der Waals surface area (Å²) in [5.74, 6) is -0.246.